The number of aromatic carboxylic acids is 1. The first-order chi connectivity index (χ1) is 14.7. The van der Waals surface area contributed by atoms with Gasteiger partial charge in [0, 0.05) is 22.8 Å². The molecule has 0 spiro atoms. The molecule has 0 unspecified atom stereocenters. The van der Waals surface area contributed by atoms with Gasteiger partial charge in [-0.25, -0.2) is 4.79 Å². The first-order valence-electron chi connectivity index (χ1n) is 9.74. The molecule has 0 atom stereocenters. The van der Waals surface area contributed by atoms with Gasteiger partial charge in [-0.2, -0.15) is 5.26 Å². The number of rotatable bonds is 5. The van der Waals surface area contributed by atoms with Crippen LogP contribution in [0.1, 0.15) is 38.4 Å². The molecule has 31 heavy (non-hydrogen) atoms. The SMILES string of the molecule is Cc1ccc(NC(=O)/C(C#N)=C\c2cc(C)n(-c3ccc(C(=O)O)cc3)c2C)cc1C. The van der Waals surface area contributed by atoms with Crippen LogP contribution >= 0.6 is 0 Å². The molecule has 0 fully saturated rings. The summed E-state index contributed by atoms with van der Waals surface area (Å²) >= 11 is 0. The summed E-state index contributed by atoms with van der Waals surface area (Å²) in [6.45, 7) is 7.76. The van der Waals surface area contributed by atoms with Crippen LogP contribution < -0.4 is 5.32 Å². The number of aromatic nitrogens is 1. The molecule has 0 saturated heterocycles. The van der Waals surface area contributed by atoms with Gasteiger partial charge >= 0.3 is 5.97 Å². The molecule has 2 N–H and O–H groups in total. The number of carboxylic acids is 1. The van der Waals surface area contributed by atoms with Gasteiger partial charge in [0.1, 0.15) is 11.6 Å². The van der Waals surface area contributed by atoms with Gasteiger partial charge in [-0.3, -0.25) is 4.79 Å². The molecule has 0 aliphatic rings. The zero-order chi connectivity index (χ0) is 22.7. The molecule has 0 radical (unpaired) electrons. The molecule has 156 valence electrons. The Morgan fingerprint density at radius 3 is 2.26 bits per heavy atom. The van der Waals surface area contributed by atoms with Crippen molar-refractivity contribution in [2.75, 3.05) is 5.32 Å². The second-order valence-electron chi connectivity index (χ2n) is 7.44. The summed E-state index contributed by atoms with van der Waals surface area (Å²) < 4.78 is 1.95. The van der Waals surface area contributed by atoms with Crippen molar-refractivity contribution in [2.24, 2.45) is 0 Å². The van der Waals surface area contributed by atoms with E-state index >= 15 is 0 Å². The Hall–Kier alpha value is -4.11. The number of aryl methyl sites for hydroxylation is 3. The Morgan fingerprint density at radius 1 is 1.00 bits per heavy atom. The molecule has 0 bridgehead atoms. The Kier molecular flexibility index (Phi) is 6.07. The van der Waals surface area contributed by atoms with E-state index in [1.807, 2.05) is 62.6 Å². The molecule has 1 aromatic heterocycles. The number of carbonyl (C=O) groups is 2. The van der Waals surface area contributed by atoms with E-state index in [9.17, 15) is 14.9 Å². The molecule has 3 aromatic rings. The van der Waals surface area contributed by atoms with Gasteiger partial charge < -0.3 is 15.0 Å². The minimum Gasteiger partial charge on any atom is -0.478 e. The van der Waals surface area contributed by atoms with E-state index < -0.39 is 11.9 Å². The third kappa shape index (κ3) is 4.57. The van der Waals surface area contributed by atoms with Gasteiger partial charge in [-0.05, 0) is 92.9 Å². The standard InChI is InChI=1S/C25H23N3O3/c1-15-5-8-22(11-16(15)2)27-24(29)21(14-26)13-20-12-17(3)28(18(20)4)23-9-6-19(7-10-23)25(30)31/h5-13H,1-4H3,(H,27,29)(H,30,31)/b21-13-. The van der Waals surface area contributed by atoms with Crippen molar-refractivity contribution >= 4 is 23.6 Å². The monoisotopic (exact) mass is 413 g/mol. The van der Waals surface area contributed by atoms with Crippen molar-refractivity contribution in [1.29, 1.82) is 5.26 Å². The van der Waals surface area contributed by atoms with E-state index in [0.29, 0.717) is 5.69 Å². The van der Waals surface area contributed by atoms with Crippen LogP contribution in [0.3, 0.4) is 0 Å². The summed E-state index contributed by atoms with van der Waals surface area (Å²) in [6.07, 6.45) is 1.57. The fourth-order valence-electron chi connectivity index (χ4n) is 3.41. The molecule has 1 amide bonds. The second-order valence-corrected chi connectivity index (χ2v) is 7.44. The van der Waals surface area contributed by atoms with E-state index in [1.54, 1.807) is 30.3 Å². The van der Waals surface area contributed by atoms with Crippen molar-refractivity contribution in [3.63, 3.8) is 0 Å². The quantitative estimate of drug-likeness (QED) is 0.457. The largest absolute Gasteiger partial charge is 0.478 e. The average Bonchev–Trinajstić information content (AvgIpc) is 3.01. The fourth-order valence-corrected chi connectivity index (χ4v) is 3.41. The number of hydrogen-bond acceptors (Lipinski definition) is 3. The summed E-state index contributed by atoms with van der Waals surface area (Å²) in [5.41, 5.74) is 6.31. The van der Waals surface area contributed by atoms with Gasteiger partial charge in [0.25, 0.3) is 5.91 Å². The van der Waals surface area contributed by atoms with E-state index in [0.717, 1.165) is 33.8 Å². The first-order valence-corrected chi connectivity index (χ1v) is 9.74. The highest BCUT2D eigenvalue weighted by atomic mass is 16.4. The minimum absolute atomic E-state index is 0.000275. The summed E-state index contributed by atoms with van der Waals surface area (Å²) in [4.78, 5) is 23.7. The maximum atomic E-state index is 12.7. The van der Waals surface area contributed by atoms with Crippen LogP contribution in [-0.4, -0.2) is 21.6 Å². The smallest absolute Gasteiger partial charge is 0.335 e. The highest BCUT2D eigenvalue weighted by molar-refractivity contribution is 6.09. The van der Waals surface area contributed by atoms with E-state index in [4.69, 9.17) is 5.11 Å². The number of nitrogens with zero attached hydrogens (tertiary/aromatic N) is 2. The number of amides is 1. The van der Waals surface area contributed by atoms with Crippen LogP contribution in [-0.2, 0) is 4.79 Å². The average molecular weight is 413 g/mol. The topological polar surface area (TPSA) is 95.1 Å². The molecule has 0 aliphatic heterocycles. The third-order valence-electron chi connectivity index (χ3n) is 5.27. The van der Waals surface area contributed by atoms with Gasteiger partial charge in [0.2, 0.25) is 0 Å². The number of carboxylic acid groups (broad SMARTS) is 1. The maximum Gasteiger partial charge on any atom is 0.335 e. The summed E-state index contributed by atoms with van der Waals surface area (Å²) in [5, 5.41) is 21.4. The molecule has 2 aromatic carbocycles. The Bertz CT molecular complexity index is 1240. The first kappa shape index (κ1) is 21.6. The van der Waals surface area contributed by atoms with Crippen molar-refractivity contribution < 1.29 is 14.7 Å². The maximum absolute atomic E-state index is 12.7. The van der Waals surface area contributed by atoms with Crippen LogP contribution in [0.2, 0.25) is 0 Å². The lowest BCUT2D eigenvalue weighted by molar-refractivity contribution is -0.112. The molecule has 6 heteroatoms. The normalized spacial score (nSPS) is 11.1. The molecular weight excluding hydrogens is 390 g/mol. The number of nitriles is 1. The van der Waals surface area contributed by atoms with Gasteiger partial charge in [-0.15, -0.1) is 0 Å². The van der Waals surface area contributed by atoms with E-state index in [2.05, 4.69) is 5.32 Å². The highest BCUT2D eigenvalue weighted by Crippen LogP contribution is 2.24. The minimum atomic E-state index is -0.982. The van der Waals surface area contributed by atoms with E-state index in [1.165, 1.54) is 0 Å². The molecule has 6 nitrogen and oxygen atoms in total. The summed E-state index contributed by atoms with van der Waals surface area (Å²) in [7, 11) is 0. The van der Waals surface area contributed by atoms with Crippen LogP contribution in [0.25, 0.3) is 11.8 Å². The molecule has 3 rings (SSSR count). The van der Waals surface area contributed by atoms with Crippen molar-refractivity contribution in [3.8, 4) is 11.8 Å². The van der Waals surface area contributed by atoms with Crippen molar-refractivity contribution in [3.05, 3.63) is 87.7 Å². The van der Waals surface area contributed by atoms with Crippen LogP contribution in [0.4, 0.5) is 5.69 Å². The van der Waals surface area contributed by atoms with E-state index in [-0.39, 0.29) is 11.1 Å². The highest BCUT2D eigenvalue weighted by Gasteiger charge is 2.14. The van der Waals surface area contributed by atoms with Crippen molar-refractivity contribution in [1.82, 2.24) is 4.57 Å². The lowest BCUT2D eigenvalue weighted by Crippen LogP contribution is -2.13. The predicted octanol–water partition coefficient (Wildman–Crippen LogP) is 4.95. The number of hydrogen-bond donors (Lipinski definition) is 2. The summed E-state index contributed by atoms with van der Waals surface area (Å²) in [5.74, 6) is -1.45. The number of benzene rings is 2. The van der Waals surface area contributed by atoms with Crippen LogP contribution in [0.5, 0.6) is 0 Å². The molecule has 0 aliphatic carbocycles. The van der Waals surface area contributed by atoms with Gasteiger partial charge in [-0.1, -0.05) is 6.07 Å². The molecule has 0 saturated carbocycles. The van der Waals surface area contributed by atoms with Gasteiger partial charge in [0.05, 0.1) is 5.56 Å². The fraction of sp³-hybridized carbons (Fsp3) is 0.160. The lowest BCUT2D eigenvalue weighted by atomic mass is 10.1. The van der Waals surface area contributed by atoms with Crippen LogP contribution in [0, 0.1) is 39.0 Å². The lowest BCUT2D eigenvalue weighted by Gasteiger charge is -2.10. The molecular formula is C25H23N3O3. The number of nitrogens with one attached hydrogen (secondary N) is 1. The molecule has 1 heterocycles. The Morgan fingerprint density at radius 2 is 1.68 bits per heavy atom. The third-order valence-corrected chi connectivity index (χ3v) is 5.27. The number of carbonyl (C=O) groups excluding carboxylic acids is 1. The number of anilines is 1. The summed E-state index contributed by atoms with van der Waals surface area (Å²) in [6, 6.07) is 16.0. The predicted molar refractivity (Wildman–Crippen MR) is 120 cm³/mol. The van der Waals surface area contributed by atoms with Gasteiger partial charge in [0.15, 0.2) is 0 Å². The Balaban J connectivity index is 1.91. The van der Waals surface area contributed by atoms with Crippen molar-refractivity contribution in [2.45, 2.75) is 27.7 Å². The second kappa shape index (κ2) is 8.72. The zero-order valence-corrected chi connectivity index (χ0v) is 17.9. The zero-order valence-electron chi connectivity index (χ0n) is 17.9. The Labute approximate surface area is 181 Å². The van der Waals surface area contributed by atoms with Crippen LogP contribution in [0.15, 0.2) is 54.1 Å².